The summed E-state index contributed by atoms with van der Waals surface area (Å²) in [6, 6.07) is 0. The quantitative estimate of drug-likeness (QED) is 0.544. The Hall–Kier alpha value is -3.57. The molecule has 4 heterocycles. The van der Waals surface area contributed by atoms with Gasteiger partial charge in [0, 0.05) is 51.5 Å². The standard InChI is InChI=1S/C25H28F3N5O4/c1-31-14-20(5-6-22(31)36-15-25(26,27)28)37-21-7-8-33(23(21)35)18-10-29-24(30-11-18)32-12-17(13-32)16-3-2-4-19(34)9-16/h5-6,9-11,17,21H,2-4,7-8,12-15H2,1H3/t21-/m1/s1. The minimum absolute atomic E-state index is 0.0822. The topological polar surface area (TPSA) is 88.1 Å². The van der Waals surface area contributed by atoms with Crippen molar-refractivity contribution in [1.29, 1.82) is 0 Å². The Morgan fingerprint density at radius 1 is 1.11 bits per heavy atom. The van der Waals surface area contributed by atoms with Crippen molar-refractivity contribution in [3.63, 3.8) is 0 Å². The van der Waals surface area contributed by atoms with Gasteiger partial charge in [-0.1, -0.05) is 5.57 Å². The summed E-state index contributed by atoms with van der Waals surface area (Å²) in [5.74, 6) is 1.49. The molecule has 1 aliphatic carbocycles. The molecule has 1 atom stereocenters. The maximum Gasteiger partial charge on any atom is 0.422 e. The fourth-order valence-corrected chi connectivity index (χ4v) is 4.88. The Labute approximate surface area is 212 Å². The zero-order valence-corrected chi connectivity index (χ0v) is 20.4. The van der Waals surface area contributed by atoms with Crippen LogP contribution < -0.4 is 9.80 Å². The second kappa shape index (κ2) is 10.1. The van der Waals surface area contributed by atoms with Crippen LogP contribution in [0.1, 0.15) is 25.7 Å². The molecule has 1 amide bonds. The van der Waals surface area contributed by atoms with E-state index in [4.69, 9.17) is 9.47 Å². The number of halogens is 3. The lowest BCUT2D eigenvalue weighted by molar-refractivity contribution is -0.169. The number of hydrogen-bond donors (Lipinski definition) is 0. The Bertz CT molecular complexity index is 1140. The summed E-state index contributed by atoms with van der Waals surface area (Å²) in [4.78, 5) is 38.6. The minimum atomic E-state index is -4.42. The van der Waals surface area contributed by atoms with Crippen LogP contribution in [0.5, 0.6) is 0 Å². The van der Waals surface area contributed by atoms with E-state index in [1.54, 1.807) is 30.4 Å². The molecule has 12 heteroatoms. The first-order chi connectivity index (χ1) is 17.7. The number of carbonyl (C=O) groups excluding carboxylic acids is 2. The molecule has 5 rings (SSSR count). The first-order valence-electron chi connectivity index (χ1n) is 12.3. The van der Waals surface area contributed by atoms with Crippen molar-refractivity contribution >= 4 is 23.3 Å². The van der Waals surface area contributed by atoms with E-state index in [9.17, 15) is 22.8 Å². The molecular formula is C25H28F3N5O4. The van der Waals surface area contributed by atoms with Crippen LogP contribution in [-0.2, 0) is 19.1 Å². The number of allylic oxidation sites excluding steroid dienone is 3. The lowest BCUT2D eigenvalue weighted by Crippen LogP contribution is -2.48. The van der Waals surface area contributed by atoms with Gasteiger partial charge in [0.1, 0.15) is 5.76 Å². The summed E-state index contributed by atoms with van der Waals surface area (Å²) < 4.78 is 47.9. The zero-order valence-electron chi connectivity index (χ0n) is 20.4. The molecule has 1 aromatic rings. The number of anilines is 2. The van der Waals surface area contributed by atoms with Crippen molar-refractivity contribution in [2.45, 2.75) is 38.0 Å². The predicted molar refractivity (Wildman–Crippen MR) is 127 cm³/mol. The Morgan fingerprint density at radius 3 is 2.54 bits per heavy atom. The van der Waals surface area contributed by atoms with Crippen LogP contribution in [0.2, 0.25) is 0 Å². The van der Waals surface area contributed by atoms with Crippen molar-refractivity contribution in [2.75, 3.05) is 49.6 Å². The van der Waals surface area contributed by atoms with Crippen LogP contribution in [0.3, 0.4) is 0 Å². The van der Waals surface area contributed by atoms with Crippen LogP contribution in [0.15, 0.2) is 47.8 Å². The maximum absolute atomic E-state index is 13.0. The van der Waals surface area contributed by atoms with Crippen LogP contribution in [-0.4, -0.2) is 78.7 Å². The maximum atomic E-state index is 13.0. The number of amides is 1. The lowest BCUT2D eigenvalue weighted by atomic mass is 9.84. The largest absolute Gasteiger partial charge is 0.483 e. The van der Waals surface area contributed by atoms with Gasteiger partial charge in [0.2, 0.25) is 5.95 Å². The molecule has 0 bridgehead atoms. The van der Waals surface area contributed by atoms with Crippen molar-refractivity contribution in [2.24, 2.45) is 5.92 Å². The molecule has 2 fully saturated rings. The molecule has 9 nitrogen and oxygen atoms in total. The highest BCUT2D eigenvalue weighted by atomic mass is 19.4. The molecule has 1 aromatic heterocycles. The summed E-state index contributed by atoms with van der Waals surface area (Å²) in [5.41, 5.74) is 1.80. The highest BCUT2D eigenvalue weighted by Gasteiger charge is 2.37. The highest BCUT2D eigenvalue weighted by Crippen LogP contribution is 2.32. The minimum Gasteiger partial charge on any atom is -0.483 e. The third-order valence-corrected chi connectivity index (χ3v) is 6.87. The number of alkyl halides is 3. The number of likely N-dealkylation sites (N-methyl/N-ethyl adjacent to an activating group) is 1. The van der Waals surface area contributed by atoms with Gasteiger partial charge in [-0.25, -0.2) is 9.97 Å². The van der Waals surface area contributed by atoms with Crippen molar-refractivity contribution < 1.29 is 32.2 Å². The number of ether oxygens (including phenoxy) is 2. The first-order valence-corrected chi connectivity index (χ1v) is 12.3. The third kappa shape index (κ3) is 5.72. The van der Waals surface area contributed by atoms with Gasteiger partial charge in [-0.2, -0.15) is 13.2 Å². The second-order valence-corrected chi connectivity index (χ2v) is 9.67. The van der Waals surface area contributed by atoms with E-state index in [0.717, 1.165) is 25.9 Å². The van der Waals surface area contributed by atoms with Gasteiger partial charge in [0.05, 0.1) is 24.6 Å². The fourth-order valence-electron chi connectivity index (χ4n) is 4.88. The van der Waals surface area contributed by atoms with Crippen LogP contribution in [0.4, 0.5) is 24.8 Å². The number of carbonyl (C=O) groups is 2. The van der Waals surface area contributed by atoms with Gasteiger partial charge in [-0.05, 0) is 25.0 Å². The summed E-state index contributed by atoms with van der Waals surface area (Å²) in [7, 11) is 1.59. The van der Waals surface area contributed by atoms with Crippen LogP contribution in [0.25, 0.3) is 0 Å². The van der Waals surface area contributed by atoms with E-state index in [2.05, 4.69) is 14.9 Å². The predicted octanol–water partition coefficient (Wildman–Crippen LogP) is 2.96. The molecule has 4 aliphatic rings. The molecule has 0 N–H and O–H groups in total. The summed E-state index contributed by atoms with van der Waals surface area (Å²) >= 11 is 0. The number of ketones is 1. The molecule has 0 aromatic carbocycles. The third-order valence-electron chi connectivity index (χ3n) is 6.87. The fraction of sp³-hybridized carbons (Fsp3) is 0.520. The summed E-state index contributed by atoms with van der Waals surface area (Å²) in [5, 5.41) is 0. The number of rotatable bonds is 7. The molecule has 37 heavy (non-hydrogen) atoms. The molecule has 0 saturated carbocycles. The van der Waals surface area contributed by atoms with E-state index < -0.39 is 18.9 Å². The SMILES string of the molecule is CN1CC(O[C@@H]2CCN(c3cnc(N4CC(C5=CC(=O)CCC5)C4)nc3)C2=O)=CC=C1OCC(F)(F)F. The molecule has 0 unspecified atom stereocenters. The summed E-state index contributed by atoms with van der Waals surface area (Å²) in [6.45, 7) is 0.809. The normalized spacial score (nSPS) is 23.0. The van der Waals surface area contributed by atoms with Gasteiger partial charge in [-0.3, -0.25) is 9.59 Å². The highest BCUT2D eigenvalue weighted by molar-refractivity contribution is 5.98. The molecule has 2 saturated heterocycles. The Morgan fingerprint density at radius 2 is 1.86 bits per heavy atom. The van der Waals surface area contributed by atoms with Gasteiger partial charge in [-0.15, -0.1) is 0 Å². The first kappa shape index (κ1) is 25.1. The van der Waals surface area contributed by atoms with Crippen LogP contribution in [0, 0.1) is 5.92 Å². The van der Waals surface area contributed by atoms with E-state index in [-0.39, 0.29) is 24.1 Å². The van der Waals surface area contributed by atoms with Crippen LogP contribution >= 0.6 is 0 Å². The molecule has 0 radical (unpaired) electrons. The zero-order chi connectivity index (χ0) is 26.2. The van der Waals surface area contributed by atoms with Gasteiger partial charge >= 0.3 is 6.18 Å². The second-order valence-electron chi connectivity index (χ2n) is 9.67. The van der Waals surface area contributed by atoms with Crippen molar-refractivity contribution in [3.05, 3.63) is 47.8 Å². The summed E-state index contributed by atoms with van der Waals surface area (Å²) in [6.07, 6.45) is 5.85. The van der Waals surface area contributed by atoms with E-state index in [1.807, 2.05) is 0 Å². The van der Waals surface area contributed by atoms with E-state index in [1.165, 1.54) is 22.6 Å². The molecule has 198 valence electrons. The Kier molecular flexibility index (Phi) is 6.82. The van der Waals surface area contributed by atoms with Crippen molar-refractivity contribution in [1.82, 2.24) is 14.9 Å². The van der Waals surface area contributed by atoms with Gasteiger partial charge < -0.3 is 24.2 Å². The van der Waals surface area contributed by atoms with Gasteiger partial charge in [0.15, 0.2) is 24.4 Å². The Balaban J connectivity index is 1.14. The molecule has 3 aliphatic heterocycles. The average Bonchev–Trinajstić information content (AvgIpc) is 3.17. The van der Waals surface area contributed by atoms with Gasteiger partial charge in [0.25, 0.3) is 5.91 Å². The average molecular weight is 520 g/mol. The lowest BCUT2D eigenvalue weighted by Gasteiger charge is -2.41. The number of hydrogen-bond acceptors (Lipinski definition) is 8. The molecule has 0 spiro atoms. The molecular weight excluding hydrogens is 491 g/mol. The van der Waals surface area contributed by atoms with Crippen molar-refractivity contribution in [3.8, 4) is 0 Å². The monoisotopic (exact) mass is 519 g/mol. The number of aromatic nitrogens is 2. The van der Waals surface area contributed by atoms with E-state index in [0.29, 0.717) is 42.7 Å². The number of nitrogens with zero attached hydrogens (tertiary/aromatic N) is 5. The van der Waals surface area contributed by atoms with E-state index >= 15 is 0 Å². The smallest absolute Gasteiger partial charge is 0.422 e.